The molecule has 178 valence electrons. The number of amides is 1. The zero-order valence-corrected chi connectivity index (χ0v) is 20.9. The second-order valence-electron chi connectivity index (χ2n) is 8.93. The second kappa shape index (κ2) is 10.4. The van der Waals surface area contributed by atoms with Crippen LogP contribution in [0, 0.1) is 0 Å². The number of nitrogens with one attached hydrogen (secondary N) is 1. The fourth-order valence-electron chi connectivity index (χ4n) is 3.72. The maximum atomic E-state index is 13.0. The number of piperidine rings is 1. The molecule has 1 saturated heterocycles. The summed E-state index contributed by atoms with van der Waals surface area (Å²) in [6.07, 6.45) is 2.70. The molecule has 3 rings (SSSR count). The summed E-state index contributed by atoms with van der Waals surface area (Å²) in [5.41, 5.74) is 7.25. The van der Waals surface area contributed by atoms with Gasteiger partial charge >= 0.3 is 6.09 Å². The fraction of sp³-hybridized carbons (Fsp3) is 0.478. The molecule has 0 atom stereocenters. The van der Waals surface area contributed by atoms with Gasteiger partial charge < -0.3 is 25.4 Å². The van der Waals surface area contributed by atoms with E-state index in [1.54, 1.807) is 7.11 Å². The maximum absolute atomic E-state index is 13.0. The smallest absolute Gasteiger partial charge is 0.407 e. The fourth-order valence-corrected chi connectivity index (χ4v) is 4.00. The van der Waals surface area contributed by atoms with Gasteiger partial charge in [0.05, 0.1) is 13.3 Å². The van der Waals surface area contributed by atoms with Gasteiger partial charge in [0, 0.05) is 31.2 Å². The Morgan fingerprint density at radius 2 is 1.97 bits per heavy atom. The van der Waals surface area contributed by atoms with Gasteiger partial charge in [-0.2, -0.15) is 0 Å². The van der Waals surface area contributed by atoms with E-state index in [4.69, 9.17) is 15.2 Å². The SMILES string of the molecule is COc1ccc(N2CCC(NC(=O)OC(C)(C)C)CC2)c(CC(=O)c2nc(Br)cnc2N)c1. The number of methoxy groups -OCH3 is 1. The molecule has 3 N–H and O–H groups in total. The van der Waals surface area contributed by atoms with Gasteiger partial charge in [0.15, 0.2) is 11.6 Å². The van der Waals surface area contributed by atoms with Crippen molar-refractivity contribution >= 4 is 39.3 Å². The van der Waals surface area contributed by atoms with Crippen molar-refractivity contribution in [2.24, 2.45) is 0 Å². The van der Waals surface area contributed by atoms with E-state index in [-0.39, 0.29) is 29.8 Å². The highest BCUT2D eigenvalue weighted by Gasteiger charge is 2.26. The number of nitrogen functional groups attached to an aromatic ring is 1. The highest BCUT2D eigenvalue weighted by molar-refractivity contribution is 9.10. The predicted molar refractivity (Wildman–Crippen MR) is 130 cm³/mol. The van der Waals surface area contributed by atoms with Gasteiger partial charge in [-0.1, -0.05) is 0 Å². The molecule has 1 aromatic heterocycles. The Kier molecular flexibility index (Phi) is 7.78. The molecule has 9 nitrogen and oxygen atoms in total. The third kappa shape index (κ3) is 6.80. The number of anilines is 2. The van der Waals surface area contributed by atoms with Gasteiger partial charge in [0.25, 0.3) is 0 Å². The van der Waals surface area contributed by atoms with Gasteiger partial charge in [-0.3, -0.25) is 4.79 Å². The highest BCUT2D eigenvalue weighted by Crippen LogP contribution is 2.29. The minimum absolute atomic E-state index is 0.0381. The van der Waals surface area contributed by atoms with Crippen molar-refractivity contribution in [3.8, 4) is 5.75 Å². The van der Waals surface area contributed by atoms with Crippen LogP contribution in [-0.2, 0) is 11.2 Å². The molecule has 2 aromatic rings. The molecule has 0 radical (unpaired) electrons. The van der Waals surface area contributed by atoms with Crippen molar-refractivity contribution < 1.29 is 19.1 Å². The number of nitrogens with two attached hydrogens (primary N) is 1. The lowest BCUT2D eigenvalue weighted by Crippen LogP contribution is -2.46. The average molecular weight is 520 g/mol. The van der Waals surface area contributed by atoms with E-state index in [9.17, 15) is 9.59 Å². The number of nitrogens with zero attached hydrogens (tertiary/aromatic N) is 3. The molecule has 10 heteroatoms. The summed E-state index contributed by atoms with van der Waals surface area (Å²) in [5, 5.41) is 2.95. The van der Waals surface area contributed by atoms with Crippen molar-refractivity contribution in [2.45, 2.75) is 51.7 Å². The van der Waals surface area contributed by atoms with Crippen LogP contribution in [0.4, 0.5) is 16.3 Å². The lowest BCUT2D eigenvalue weighted by atomic mass is 10.00. The first-order valence-electron chi connectivity index (χ1n) is 10.8. The minimum atomic E-state index is -0.530. The van der Waals surface area contributed by atoms with Crippen molar-refractivity contribution in [3.63, 3.8) is 0 Å². The number of ether oxygens (including phenoxy) is 2. The topological polar surface area (TPSA) is 120 Å². The van der Waals surface area contributed by atoms with E-state index in [1.165, 1.54) is 6.20 Å². The van der Waals surface area contributed by atoms with Crippen LogP contribution < -0.4 is 20.7 Å². The molecular formula is C23H30BrN5O4. The number of rotatable bonds is 6. The first-order valence-corrected chi connectivity index (χ1v) is 11.6. The van der Waals surface area contributed by atoms with E-state index >= 15 is 0 Å². The third-order valence-corrected chi connectivity index (χ3v) is 5.61. The second-order valence-corrected chi connectivity index (χ2v) is 9.74. The monoisotopic (exact) mass is 519 g/mol. The zero-order chi connectivity index (χ0) is 24.2. The molecule has 1 aliphatic rings. The summed E-state index contributed by atoms with van der Waals surface area (Å²) < 4.78 is 11.2. The van der Waals surface area contributed by atoms with E-state index in [1.807, 2.05) is 39.0 Å². The van der Waals surface area contributed by atoms with Gasteiger partial charge in [-0.05, 0) is 73.3 Å². The van der Waals surface area contributed by atoms with Crippen molar-refractivity contribution in [1.82, 2.24) is 15.3 Å². The molecule has 1 amide bonds. The van der Waals surface area contributed by atoms with Crippen LogP contribution in [0.3, 0.4) is 0 Å². The number of aromatic nitrogens is 2. The van der Waals surface area contributed by atoms with Gasteiger partial charge in [0.1, 0.15) is 21.6 Å². The Bertz CT molecular complexity index is 1020. The molecular weight excluding hydrogens is 490 g/mol. The Morgan fingerprint density at radius 1 is 1.27 bits per heavy atom. The van der Waals surface area contributed by atoms with Gasteiger partial charge in [0.2, 0.25) is 0 Å². The number of hydrogen-bond acceptors (Lipinski definition) is 8. The standard InChI is InChI=1S/C23H30BrN5O4/c1-23(2,3)33-22(31)27-15-7-9-29(10-8-15)17-6-5-16(32-4)11-14(17)12-18(30)20-21(25)26-13-19(24)28-20/h5-6,11,13,15H,7-10,12H2,1-4H3,(H2,25,26)(H,27,31). The van der Waals surface area contributed by atoms with Gasteiger partial charge in [-0.15, -0.1) is 0 Å². The van der Waals surface area contributed by atoms with Gasteiger partial charge in [-0.25, -0.2) is 14.8 Å². The third-order valence-electron chi connectivity index (χ3n) is 5.23. The van der Waals surface area contributed by atoms with Crippen molar-refractivity contribution in [2.75, 3.05) is 30.8 Å². The number of halogens is 1. The maximum Gasteiger partial charge on any atom is 0.407 e. The first-order chi connectivity index (χ1) is 15.6. The van der Waals surface area contributed by atoms with Crippen molar-refractivity contribution in [3.05, 3.63) is 40.3 Å². The molecule has 0 bridgehead atoms. The Balaban J connectivity index is 1.72. The first kappa shape index (κ1) is 24.8. The molecule has 1 aliphatic heterocycles. The number of carbonyl (C=O) groups is 2. The van der Waals surface area contributed by atoms with Crippen molar-refractivity contribution in [1.29, 1.82) is 0 Å². The summed E-state index contributed by atoms with van der Waals surface area (Å²) in [5.74, 6) is 0.537. The largest absolute Gasteiger partial charge is 0.497 e. The average Bonchev–Trinajstić information content (AvgIpc) is 2.74. The Labute approximate surface area is 202 Å². The molecule has 0 unspecified atom stereocenters. The molecule has 33 heavy (non-hydrogen) atoms. The lowest BCUT2D eigenvalue weighted by molar-refractivity contribution is 0.0497. The number of ketones is 1. The molecule has 1 aromatic carbocycles. The number of carbonyl (C=O) groups excluding carboxylic acids is 2. The quantitative estimate of drug-likeness (QED) is 0.553. The van der Waals surface area contributed by atoms with Crippen LogP contribution in [-0.4, -0.2) is 53.7 Å². The number of hydrogen-bond donors (Lipinski definition) is 2. The molecule has 1 fully saturated rings. The Morgan fingerprint density at radius 3 is 2.61 bits per heavy atom. The van der Waals surface area contributed by atoms with Crippen LogP contribution in [0.2, 0.25) is 0 Å². The Hall–Kier alpha value is -2.88. The summed E-state index contributed by atoms with van der Waals surface area (Å²) in [4.78, 5) is 35.5. The summed E-state index contributed by atoms with van der Waals surface area (Å²) in [7, 11) is 1.59. The normalized spacial score (nSPS) is 14.6. The zero-order valence-electron chi connectivity index (χ0n) is 19.4. The number of alkyl carbamates (subject to hydrolysis) is 1. The summed E-state index contributed by atoms with van der Waals surface area (Å²) in [6.45, 7) is 6.98. The highest BCUT2D eigenvalue weighted by atomic mass is 79.9. The summed E-state index contributed by atoms with van der Waals surface area (Å²) >= 11 is 3.24. The number of Topliss-reactive ketones (excluding diaryl/α,β-unsaturated/α-hetero) is 1. The van der Waals surface area contributed by atoms with E-state index in [2.05, 4.69) is 36.1 Å². The van der Waals surface area contributed by atoms with Crippen LogP contribution in [0.25, 0.3) is 0 Å². The molecule has 0 spiro atoms. The van der Waals surface area contributed by atoms with E-state index in [0.717, 1.165) is 37.2 Å². The van der Waals surface area contributed by atoms with Crippen LogP contribution >= 0.6 is 15.9 Å². The predicted octanol–water partition coefficient (Wildman–Crippen LogP) is 3.75. The molecule has 0 aliphatic carbocycles. The number of benzene rings is 1. The summed E-state index contributed by atoms with van der Waals surface area (Å²) in [6, 6.07) is 5.73. The molecule has 0 saturated carbocycles. The van der Waals surface area contributed by atoms with E-state index < -0.39 is 11.7 Å². The van der Waals surface area contributed by atoms with E-state index in [0.29, 0.717) is 10.4 Å². The van der Waals surface area contributed by atoms with Crippen LogP contribution in [0.5, 0.6) is 5.75 Å². The molecule has 2 heterocycles. The minimum Gasteiger partial charge on any atom is -0.497 e. The van der Waals surface area contributed by atoms with Crippen LogP contribution in [0.1, 0.15) is 49.7 Å². The van der Waals surface area contributed by atoms with Crippen LogP contribution in [0.15, 0.2) is 29.0 Å². The lowest BCUT2D eigenvalue weighted by Gasteiger charge is -2.35.